The lowest BCUT2D eigenvalue weighted by atomic mass is 10.2. The first-order valence-corrected chi connectivity index (χ1v) is 7.76. The highest BCUT2D eigenvalue weighted by Crippen LogP contribution is 2.35. The smallest absolute Gasteiger partial charge is 0.396 e. The molecule has 0 radical (unpaired) electrons. The lowest BCUT2D eigenvalue weighted by Gasteiger charge is -2.22. The fraction of sp³-hybridized carbons (Fsp3) is 0.438. The molecule has 3 rings (SSSR count). The number of anilines is 1. The Morgan fingerprint density at radius 3 is 2.79 bits per heavy atom. The van der Waals surface area contributed by atoms with Crippen LogP contribution in [0.15, 0.2) is 18.2 Å². The zero-order valence-corrected chi connectivity index (χ0v) is 13.2. The van der Waals surface area contributed by atoms with Gasteiger partial charge in [0.05, 0.1) is 12.6 Å². The van der Waals surface area contributed by atoms with Gasteiger partial charge in [-0.2, -0.15) is 0 Å². The topological polar surface area (TPSA) is 94.2 Å². The Bertz CT molecular complexity index is 675. The fourth-order valence-corrected chi connectivity index (χ4v) is 2.69. The second-order valence-electron chi connectivity index (χ2n) is 5.43. The Labute approximate surface area is 138 Å². The highest BCUT2D eigenvalue weighted by Gasteiger charge is 2.33. The number of amides is 2. The van der Waals surface area contributed by atoms with Crippen LogP contribution in [0.1, 0.15) is 13.3 Å². The molecule has 1 saturated heterocycles. The molecule has 2 amide bonds. The Hall–Kier alpha value is -2.77. The van der Waals surface area contributed by atoms with Gasteiger partial charge in [0, 0.05) is 24.7 Å². The number of rotatable bonds is 3. The van der Waals surface area contributed by atoms with Crippen LogP contribution in [0.3, 0.4) is 0 Å². The van der Waals surface area contributed by atoms with Crippen molar-refractivity contribution in [3.63, 3.8) is 0 Å². The van der Waals surface area contributed by atoms with Gasteiger partial charge in [0.15, 0.2) is 11.5 Å². The van der Waals surface area contributed by atoms with Crippen LogP contribution in [0.25, 0.3) is 0 Å². The van der Waals surface area contributed by atoms with Crippen LogP contribution >= 0.6 is 0 Å². The largest absolute Gasteiger partial charge is 0.486 e. The number of benzene rings is 1. The summed E-state index contributed by atoms with van der Waals surface area (Å²) in [5.74, 6) is -0.684. The van der Waals surface area contributed by atoms with Crippen molar-refractivity contribution < 1.29 is 28.6 Å². The SMILES string of the molecule is CCOC(=O)C(=O)N[C@@H]1CC(=O)N(c2ccc3c(c2)OCCO3)C1. The van der Waals surface area contributed by atoms with Gasteiger partial charge in [-0.15, -0.1) is 0 Å². The Kier molecular flexibility index (Phi) is 4.54. The predicted molar refractivity (Wildman–Crippen MR) is 83.0 cm³/mol. The van der Waals surface area contributed by atoms with E-state index in [-0.39, 0.29) is 25.5 Å². The van der Waals surface area contributed by atoms with E-state index in [1.54, 1.807) is 30.0 Å². The summed E-state index contributed by atoms with van der Waals surface area (Å²) in [6.45, 7) is 2.98. The molecule has 0 spiro atoms. The summed E-state index contributed by atoms with van der Waals surface area (Å²) in [4.78, 5) is 36.8. The first-order chi connectivity index (χ1) is 11.6. The number of hydrogen-bond donors (Lipinski definition) is 1. The van der Waals surface area contributed by atoms with E-state index in [1.165, 1.54) is 0 Å². The van der Waals surface area contributed by atoms with Gasteiger partial charge >= 0.3 is 11.9 Å². The maximum Gasteiger partial charge on any atom is 0.396 e. The minimum atomic E-state index is -0.942. The number of carbonyl (C=O) groups excluding carboxylic acids is 3. The maximum atomic E-state index is 12.2. The van der Waals surface area contributed by atoms with Crippen LogP contribution in [0.4, 0.5) is 5.69 Å². The van der Waals surface area contributed by atoms with Crippen LogP contribution in [-0.4, -0.2) is 50.2 Å². The minimum Gasteiger partial charge on any atom is -0.486 e. The second-order valence-corrected chi connectivity index (χ2v) is 5.43. The highest BCUT2D eigenvalue weighted by molar-refractivity contribution is 6.32. The van der Waals surface area contributed by atoms with Gasteiger partial charge in [-0.05, 0) is 19.1 Å². The number of fused-ring (bicyclic) bond motifs is 1. The van der Waals surface area contributed by atoms with E-state index in [0.717, 1.165) is 0 Å². The Balaban J connectivity index is 1.67. The van der Waals surface area contributed by atoms with Crippen LogP contribution in [0.2, 0.25) is 0 Å². The van der Waals surface area contributed by atoms with Gasteiger partial charge in [-0.25, -0.2) is 4.79 Å². The molecule has 0 unspecified atom stereocenters. The van der Waals surface area contributed by atoms with Crippen molar-refractivity contribution in [3.05, 3.63) is 18.2 Å². The van der Waals surface area contributed by atoms with Gasteiger partial charge in [0.1, 0.15) is 13.2 Å². The predicted octanol–water partition coefficient (Wildman–Crippen LogP) is 0.242. The van der Waals surface area contributed by atoms with Crippen molar-refractivity contribution in [1.82, 2.24) is 5.32 Å². The van der Waals surface area contributed by atoms with E-state index < -0.39 is 17.9 Å². The van der Waals surface area contributed by atoms with Crippen LogP contribution < -0.4 is 19.7 Å². The quantitative estimate of drug-likeness (QED) is 0.629. The van der Waals surface area contributed by atoms with E-state index in [4.69, 9.17) is 9.47 Å². The van der Waals surface area contributed by atoms with E-state index in [2.05, 4.69) is 10.1 Å². The van der Waals surface area contributed by atoms with Crippen molar-refractivity contribution in [1.29, 1.82) is 0 Å². The van der Waals surface area contributed by atoms with E-state index >= 15 is 0 Å². The molecule has 0 aromatic heterocycles. The van der Waals surface area contributed by atoms with Crippen molar-refractivity contribution >= 4 is 23.5 Å². The fourth-order valence-electron chi connectivity index (χ4n) is 2.69. The third-order valence-corrected chi connectivity index (χ3v) is 3.76. The summed E-state index contributed by atoms with van der Waals surface area (Å²) >= 11 is 0. The molecule has 8 nitrogen and oxygen atoms in total. The van der Waals surface area contributed by atoms with E-state index in [1.807, 2.05) is 0 Å². The molecule has 8 heteroatoms. The van der Waals surface area contributed by atoms with Gasteiger partial charge < -0.3 is 24.4 Å². The lowest BCUT2D eigenvalue weighted by Crippen LogP contribution is -2.41. The van der Waals surface area contributed by atoms with Gasteiger partial charge in [-0.3, -0.25) is 9.59 Å². The molecule has 0 bridgehead atoms. The molecular formula is C16H18N2O6. The molecule has 0 aliphatic carbocycles. The molecule has 2 aliphatic heterocycles. The first kappa shape index (κ1) is 16.1. The van der Waals surface area contributed by atoms with Gasteiger partial charge in [0.2, 0.25) is 5.91 Å². The van der Waals surface area contributed by atoms with Crippen molar-refractivity contribution in [2.24, 2.45) is 0 Å². The van der Waals surface area contributed by atoms with Crippen LogP contribution in [0, 0.1) is 0 Å². The van der Waals surface area contributed by atoms with Crippen molar-refractivity contribution in [2.45, 2.75) is 19.4 Å². The number of nitrogens with one attached hydrogen (secondary N) is 1. The summed E-state index contributed by atoms with van der Waals surface area (Å²) in [6, 6.07) is 4.81. The van der Waals surface area contributed by atoms with Crippen LogP contribution in [0.5, 0.6) is 11.5 Å². The standard InChI is InChI=1S/C16H18N2O6/c1-2-22-16(21)15(20)17-10-7-14(19)18(9-10)11-3-4-12-13(8-11)24-6-5-23-12/h3-4,8,10H,2,5-7,9H2,1H3,(H,17,20)/t10-/m1/s1. The average molecular weight is 334 g/mol. The third-order valence-electron chi connectivity index (χ3n) is 3.76. The number of carbonyl (C=O) groups is 3. The molecule has 2 aliphatic rings. The summed E-state index contributed by atoms with van der Waals surface area (Å²) < 4.78 is 15.6. The normalized spacial score (nSPS) is 19.1. The number of esters is 1. The van der Waals surface area contributed by atoms with Crippen molar-refractivity contribution in [3.8, 4) is 11.5 Å². The molecule has 1 aromatic rings. The summed E-state index contributed by atoms with van der Waals surface area (Å²) in [5, 5.41) is 2.52. The summed E-state index contributed by atoms with van der Waals surface area (Å²) in [7, 11) is 0. The summed E-state index contributed by atoms with van der Waals surface area (Å²) in [5.41, 5.74) is 0.664. The highest BCUT2D eigenvalue weighted by atomic mass is 16.6. The molecule has 2 heterocycles. The molecular weight excluding hydrogens is 316 g/mol. The Morgan fingerprint density at radius 1 is 1.29 bits per heavy atom. The lowest BCUT2D eigenvalue weighted by molar-refractivity contribution is -0.154. The van der Waals surface area contributed by atoms with Crippen molar-refractivity contribution in [2.75, 3.05) is 31.3 Å². The average Bonchev–Trinajstić information content (AvgIpc) is 2.95. The molecule has 1 N–H and O–H groups in total. The Morgan fingerprint density at radius 2 is 2.04 bits per heavy atom. The molecule has 1 fully saturated rings. The van der Waals surface area contributed by atoms with Crippen LogP contribution in [-0.2, 0) is 19.1 Å². The monoisotopic (exact) mass is 334 g/mol. The number of ether oxygens (including phenoxy) is 3. The van der Waals surface area contributed by atoms with E-state index in [0.29, 0.717) is 30.4 Å². The summed E-state index contributed by atoms with van der Waals surface area (Å²) in [6.07, 6.45) is 0.125. The molecule has 128 valence electrons. The van der Waals surface area contributed by atoms with Gasteiger partial charge in [0.25, 0.3) is 0 Å². The van der Waals surface area contributed by atoms with Gasteiger partial charge in [-0.1, -0.05) is 0 Å². The van der Waals surface area contributed by atoms with E-state index in [9.17, 15) is 14.4 Å². The number of hydrogen-bond acceptors (Lipinski definition) is 6. The minimum absolute atomic E-state index is 0.124. The number of nitrogens with zero attached hydrogens (tertiary/aromatic N) is 1. The molecule has 24 heavy (non-hydrogen) atoms. The maximum absolute atomic E-state index is 12.2. The molecule has 1 aromatic carbocycles. The second kappa shape index (κ2) is 6.77. The first-order valence-electron chi connectivity index (χ1n) is 7.76. The molecule has 1 atom stereocenters. The molecule has 0 saturated carbocycles. The third kappa shape index (κ3) is 3.27. The zero-order chi connectivity index (χ0) is 17.1. The zero-order valence-electron chi connectivity index (χ0n) is 13.2.